The molecular formula is C45H53NO. The van der Waals surface area contributed by atoms with Crippen LogP contribution in [0, 0.1) is 0 Å². The Labute approximate surface area is 283 Å². The molecule has 6 rings (SSSR count). The molecule has 0 saturated carbocycles. The minimum absolute atomic E-state index is 0.164. The van der Waals surface area contributed by atoms with Crippen molar-refractivity contribution in [3.05, 3.63) is 160 Å². The Bertz CT molecular complexity index is 1640. The highest BCUT2D eigenvalue weighted by molar-refractivity contribution is 5.58. The minimum Gasteiger partial charge on any atom is -0.508 e. The molecule has 0 radical (unpaired) electrons. The van der Waals surface area contributed by atoms with E-state index in [-0.39, 0.29) is 5.76 Å². The first kappa shape index (κ1) is 33.0. The van der Waals surface area contributed by atoms with Gasteiger partial charge in [0, 0.05) is 18.2 Å². The van der Waals surface area contributed by atoms with Gasteiger partial charge >= 0.3 is 0 Å². The Morgan fingerprint density at radius 2 is 1.45 bits per heavy atom. The fraction of sp³-hybridized carbons (Fsp3) is 0.378. The van der Waals surface area contributed by atoms with Gasteiger partial charge in [-0.15, -0.1) is 6.58 Å². The second-order valence-electron chi connectivity index (χ2n) is 13.9. The molecule has 0 aliphatic heterocycles. The van der Waals surface area contributed by atoms with E-state index in [1.165, 1.54) is 78.3 Å². The lowest BCUT2D eigenvalue weighted by molar-refractivity contribution is 0.177. The molecule has 244 valence electrons. The van der Waals surface area contributed by atoms with Crippen LogP contribution in [0.3, 0.4) is 0 Å². The van der Waals surface area contributed by atoms with E-state index in [1.807, 2.05) is 0 Å². The molecular weight excluding hydrogens is 571 g/mol. The standard InChI is InChI=1S/C45H53NO/c1-3-4-5-11-29-46(45-21-13-20-42-32-38(34(2)47)25-27-44(42)45)30-28-37-16-9-10-17-39(37)33-41-19-12-18-40-31-36(24-26-43(40)41)23-22-35-14-7-6-8-15-35/h3,6-10,14-17,24-27,31-32,41,45,47H,1-2,4-5,11-13,18-23,28-30,33H2. The first-order valence-corrected chi connectivity index (χ1v) is 18.2. The Balaban J connectivity index is 1.16. The lowest BCUT2D eigenvalue weighted by Crippen LogP contribution is -2.34. The average Bonchev–Trinajstić information content (AvgIpc) is 3.11. The molecule has 0 fully saturated rings. The summed E-state index contributed by atoms with van der Waals surface area (Å²) in [4.78, 5) is 2.76. The summed E-state index contributed by atoms with van der Waals surface area (Å²) in [6.07, 6.45) is 17.2. The molecule has 1 N–H and O–H groups in total. The molecule has 0 aromatic heterocycles. The number of aliphatic hydroxyl groups excluding tert-OH is 1. The number of rotatable bonds is 15. The smallest absolute Gasteiger partial charge is 0.115 e. The molecule has 0 saturated heterocycles. The number of benzene rings is 4. The van der Waals surface area contributed by atoms with Crippen molar-refractivity contribution >= 4 is 5.76 Å². The number of unbranched alkanes of at least 4 members (excludes halogenated alkanes) is 2. The fourth-order valence-electron chi connectivity index (χ4n) is 8.17. The van der Waals surface area contributed by atoms with Crippen LogP contribution in [0.15, 0.2) is 110 Å². The molecule has 2 atom stereocenters. The van der Waals surface area contributed by atoms with E-state index in [9.17, 15) is 5.11 Å². The van der Waals surface area contributed by atoms with E-state index in [2.05, 4.69) is 115 Å². The van der Waals surface area contributed by atoms with Crippen LogP contribution in [0.2, 0.25) is 0 Å². The molecule has 47 heavy (non-hydrogen) atoms. The van der Waals surface area contributed by atoms with Crippen molar-refractivity contribution in [1.29, 1.82) is 0 Å². The molecule has 4 aromatic carbocycles. The van der Waals surface area contributed by atoms with E-state index < -0.39 is 0 Å². The quantitative estimate of drug-likeness (QED) is 0.0809. The predicted molar refractivity (Wildman–Crippen MR) is 199 cm³/mol. The number of hydrogen-bond donors (Lipinski definition) is 1. The lowest BCUT2D eigenvalue weighted by atomic mass is 9.78. The second kappa shape index (κ2) is 16.3. The number of fused-ring (bicyclic) bond motifs is 2. The van der Waals surface area contributed by atoms with Crippen molar-refractivity contribution in [1.82, 2.24) is 4.90 Å². The van der Waals surface area contributed by atoms with Gasteiger partial charge < -0.3 is 5.11 Å². The zero-order chi connectivity index (χ0) is 32.4. The maximum Gasteiger partial charge on any atom is 0.115 e. The summed E-state index contributed by atoms with van der Waals surface area (Å²) in [6, 6.07) is 34.4. The number of allylic oxidation sites excluding steroid dienone is 1. The maximum absolute atomic E-state index is 10.0. The van der Waals surface area contributed by atoms with Crippen molar-refractivity contribution in [3.8, 4) is 0 Å². The summed E-state index contributed by atoms with van der Waals surface area (Å²) in [5.74, 6) is 0.760. The Morgan fingerprint density at radius 1 is 0.723 bits per heavy atom. The molecule has 2 aliphatic rings. The van der Waals surface area contributed by atoms with Crippen molar-refractivity contribution in [2.45, 2.75) is 95.4 Å². The average molecular weight is 624 g/mol. The highest BCUT2D eigenvalue weighted by atomic mass is 16.3. The molecule has 0 amide bonds. The van der Waals surface area contributed by atoms with Gasteiger partial charge in [0.1, 0.15) is 5.76 Å². The van der Waals surface area contributed by atoms with Crippen molar-refractivity contribution in [2.24, 2.45) is 0 Å². The minimum atomic E-state index is 0.164. The number of aryl methyl sites for hydroxylation is 4. The summed E-state index contributed by atoms with van der Waals surface area (Å²) in [7, 11) is 0. The summed E-state index contributed by atoms with van der Waals surface area (Å²) in [5.41, 5.74) is 12.8. The summed E-state index contributed by atoms with van der Waals surface area (Å²) >= 11 is 0. The maximum atomic E-state index is 10.0. The van der Waals surface area contributed by atoms with Gasteiger partial charge in [-0.3, -0.25) is 4.90 Å². The monoisotopic (exact) mass is 623 g/mol. The number of hydrogen-bond acceptors (Lipinski definition) is 2. The van der Waals surface area contributed by atoms with Crippen LogP contribution in [0.25, 0.3) is 5.76 Å². The first-order chi connectivity index (χ1) is 23.1. The van der Waals surface area contributed by atoms with Crippen molar-refractivity contribution in [2.75, 3.05) is 13.1 Å². The Hall–Kier alpha value is -3.88. The molecule has 2 nitrogen and oxygen atoms in total. The highest BCUT2D eigenvalue weighted by Crippen LogP contribution is 2.38. The molecule has 0 spiro atoms. The van der Waals surface area contributed by atoms with E-state index in [4.69, 9.17) is 0 Å². The second-order valence-corrected chi connectivity index (χ2v) is 13.9. The third kappa shape index (κ3) is 8.54. The topological polar surface area (TPSA) is 23.5 Å². The van der Waals surface area contributed by atoms with E-state index in [0.717, 1.165) is 57.2 Å². The van der Waals surface area contributed by atoms with E-state index in [0.29, 0.717) is 12.0 Å². The summed E-state index contributed by atoms with van der Waals surface area (Å²) in [5, 5.41) is 10.0. The molecule has 2 unspecified atom stereocenters. The fourth-order valence-corrected chi connectivity index (χ4v) is 8.17. The van der Waals surface area contributed by atoms with Gasteiger partial charge in [-0.2, -0.15) is 0 Å². The number of nitrogens with zero attached hydrogens (tertiary/aromatic N) is 1. The summed E-state index contributed by atoms with van der Waals surface area (Å²) < 4.78 is 0. The zero-order valence-electron chi connectivity index (χ0n) is 28.3. The van der Waals surface area contributed by atoms with Gasteiger partial charge in [0.25, 0.3) is 0 Å². The van der Waals surface area contributed by atoms with Crippen molar-refractivity contribution in [3.63, 3.8) is 0 Å². The Kier molecular flexibility index (Phi) is 11.5. The molecule has 0 heterocycles. The normalized spacial score (nSPS) is 17.2. The van der Waals surface area contributed by atoms with Crippen LogP contribution < -0.4 is 0 Å². The molecule has 4 aromatic rings. The van der Waals surface area contributed by atoms with Gasteiger partial charge in [-0.1, -0.05) is 97.6 Å². The van der Waals surface area contributed by atoms with Crippen LogP contribution in [0.5, 0.6) is 0 Å². The van der Waals surface area contributed by atoms with Crippen LogP contribution >= 0.6 is 0 Å². The van der Waals surface area contributed by atoms with Crippen LogP contribution in [0.1, 0.15) is 107 Å². The van der Waals surface area contributed by atoms with Gasteiger partial charge in [-0.25, -0.2) is 0 Å². The highest BCUT2D eigenvalue weighted by Gasteiger charge is 2.27. The van der Waals surface area contributed by atoms with Gasteiger partial charge in [0.05, 0.1) is 0 Å². The summed E-state index contributed by atoms with van der Waals surface area (Å²) in [6.45, 7) is 9.89. The van der Waals surface area contributed by atoms with Crippen molar-refractivity contribution < 1.29 is 5.11 Å². The first-order valence-electron chi connectivity index (χ1n) is 18.2. The van der Waals surface area contributed by atoms with Crippen LogP contribution in [-0.4, -0.2) is 23.1 Å². The molecule has 0 bridgehead atoms. The van der Waals surface area contributed by atoms with E-state index >= 15 is 0 Å². The van der Waals surface area contributed by atoms with Gasteiger partial charge in [-0.05, 0) is 147 Å². The number of aliphatic hydroxyl groups is 1. The lowest BCUT2D eigenvalue weighted by Gasteiger charge is -2.36. The zero-order valence-corrected chi connectivity index (χ0v) is 28.3. The largest absolute Gasteiger partial charge is 0.508 e. The SMILES string of the molecule is C=CCCCCN(CCc1ccccc1CC1CCCc2cc(CCc3ccccc3)ccc21)C1CCCc2cc(C(=C)O)ccc21. The Morgan fingerprint density at radius 3 is 2.26 bits per heavy atom. The third-order valence-electron chi connectivity index (χ3n) is 10.7. The van der Waals surface area contributed by atoms with E-state index in [1.54, 1.807) is 11.1 Å². The molecule has 2 aliphatic carbocycles. The van der Waals surface area contributed by atoms with Gasteiger partial charge in [0.15, 0.2) is 0 Å². The predicted octanol–water partition coefficient (Wildman–Crippen LogP) is 10.9. The van der Waals surface area contributed by atoms with Gasteiger partial charge in [0.2, 0.25) is 0 Å². The van der Waals surface area contributed by atoms with Crippen LogP contribution in [0.4, 0.5) is 0 Å². The molecule has 2 heteroatoms. The van der Waals surface area contributed by atoms with Crippen LogP contribution in [-0.2, 0) is 38.5 Å². The third-order valence-corrected chi connectivity index (χ3v) is 10.7.